The number of nitrogens with zero attached hydrogens (tertiary/aromatic N) is 1. The van der Waals surface area contributed by atoms with E-state index in [1.807, 2.05) is 0 Å². The van der Waals surface area contributed by atoms with Crippen LogP contribution in [0.2, 0.25) is 0 Å². The zero-order valence-corrected chi connectivity index (χ0v) is 10.9. The molecule has 1 atom stereocenters. The minimum atomic E-state index is -0.277. The van der Waals surface area contributed by atoms with Crippen LogP contribution in [0.1, 0.15) is 19.8 Å². The molecule has 0 N–H and O–H groups in total. The number of rotatable bonds is 6. The van der Waals surface area contributed by atoms with Crippen LogP contribution >= 0.6 is 0 Å². The van der Waals surface area contributed by atoms with Gasteiger partial charge in [-0.1, -0.05) is 6.58 Å². The summed E-state index contributed by atoms with van der Waals surface area (Å²) in [4.78, 5) is 13.7. The third-order valence-corrected chi connectivity index (χ3v) is 2.98. The van der Waals surface area contributed by atoms with E-state index >= 15 is 0 Å². The molecule has 0 amide bonds. The van der Waals surface area contributed by atoms with Gasteiger partial charge in [-0.15, -0.1) is 0 Å². The second kappa shape index (κ2) is 7.45. The summed E-state index contributed by atoms with van der Waals surface area (Å²) in [5.74, 6) is 0.296. The first-order chi connectivity index (χ1) is 8.17. The van der Waals surface area contributed by atoms with Crippen LogP contribution in [-0.4, -0.2) is 50.8 Å². The predicted molar refractivity (Wildman–Crippen MR) is 66.8 cm³/mol. The van der Waals surface area contributed by atoms with Gasteiger partial charge in [0, 0.05) is 25.8 Å². The number of ether oxygens (including phenoxy) is 2. The number of hydrogen-bond acceptors (Lipinski definition) is 4. The quantitative estimate of drug-likeness (QED) is 0.521. The molecule has 1 aliphatic heterocycles. The van der Waals surface area contributed by atoms with Crippen molar-refractivity contribution in [1.82, 2.24) is 4.90 Å². The van der Waals surface area contributed by atoms with Crippen molar-refractivity contribution in [2.24, 2.45) is 5.92 Å². The molecule has 98 valence electrons. The molecule has 0 spiro atoms. The normalized spacial score (nSPS) is 21.2. The molecule has 0 bridgehead atoms. The predicted octanol–water partition coefficient (Wildman–Crippen LogP) is 1.46. The molecule has 1 aliphatic rings. The van der Waals surface area contributed by atoms with Crippen molar-refractivity contribution in [1.29, 1.82) is 0 Å². The topological polar surface area (TPSA) is 38.8 Å². The lowest BCUT2D eigenvalue weighted by atomic mass is 9.98. The summed E-state index contributed by atoms with van der Waals surface area (Å²) in [6.45, 7) is 9.41. The molecule has 4 nitrogen and oxygen atoms in total. The first-order valence-electron chi connectivity index (χ1n) is 6.23. The molecule has 0 aliphatic carbocycles. The maximum Gasteiger partial charge on any atom is 0.334 e. The molecule has 1 rings (SSSR count). The first kappa shape index (κ1) is 14.2. The summed E-state index contributed by atoms with van der Waals surface area (Å²) in [7, 11) is 1.73. The molecule has 0 radical (unpaired) electrons. The Kier molecular flexibility index (Phi) is 6.22. The van der Waals surface area contributed by atoms with Crippen molar-refractivity contribution in [2.45, 2.75) is 19.8 Å². The highest BCUT2D eigenvalue weighted by atomic mass is 16.5. The number of hydrogen-bond donors (Lipinski definition) is 0. The van der Waals surface area contributed by atoms with Crippen LogP contribution in [0.25, 0.3) is 0 Å². The highest BCUT2D eigenvalue weighted by Gasteiger charge is 2.21. The maximum atomic E-state index is 11.5. The third kappa shape index (κ3) is 4.88. The fourth-order valence-corrected chi connectivity index (χ4v) is 2.23. The maximum absolute atomic E-state index is 11.5. The Morgan fingerprint density at radius 3 is 2.94 bits per heavy atom. The number of carbonyl (C=O) groups is 1. The van der Waals surface area contributed by atoms with E-state index in [1.54, 1.807) is 14.0 Å². The highest BCUT2D eigenvalue weighted by Crippen LogP contribution is 2.17. The molecule has 1 saturated heterocycles. The lowest BCUT2D eigenvalue weighted by Crippen LogP contribution is -2.39. The Labute approximate surface area is 104 Å². The Morgan fingerprint density at radius 2 is 2.29 bits per heavy atom. The van der Waals surface area contributed by atoms with E-state index in [0.717, 1.165) is 26.1 Å². The lowest BCUT2D eigenvalue weighted by Gasteiger charge is -2.32. The van der Waals surface area contributed by atoms with Crippen molar-refractivity contribution in [3.05, 3.63) is 12.2 Å². The largest absolute Gasteiger partial charge is 0.463 e. The van der Waals surface area contributed by atoms with Crippen molar-refractivity contribution in [2.75, 3.05) is 40.0 Å². The zero-order valence-electron chi connectivity index (χ0n) is 10.9. The minimum absolute atomic E-state index is 0.277. The monoisotopic (exact) mass is 241 g/mol. The van der Waals surface area contributed by atoms with Gasteiger partial charge in [0.25, 0.3) is 0 Å². The molecule has 0 aromatic carbocycles. The van der Waals surface area contributed by atoms with Gasteiger partial charge in [0.1, 0.15) is 0 Å². The number of carbonyl (C=O) groups excluding carboxylic acids is 1. The minimum Gasteiger partial charge on any atom is -0.463 e. The summed E-state index contributed by atoms with van der Waals surface area (Å²) in [6, 6.07) is 0. The van der Waals surface area contributed by atoms with Crippen LogP contribution in [0.5, 0.6) is 0 Å². The van der Waals surface area contributed by atoms with Crippen molar-refractivity contribution in [3.63, 3.8) is 0 Å². The van der Waals surface area contributed by atoms with Crippen LogP contribution in [-0.2, 0) is 14.3 Å². The first-order valence-corrected chi connectivity index (χ1v) is 6.23. The number of likely N-dealkylation sites (tertiary alicyclic amines) is 1. The van der Waals surface area contributed by atoms with E-state index in [4.69, 9.17) is 9.47 Å². The third-order valence-electron chi connectivity index (χ3n) is 2.98. The van der Waals surface area contributed by atoms with Gasteiger partial charge in [-0.25, -0.2) is 4.79 Å². The average Bonchev–Trinajstić information content (AvgIpc) is 2.30. The van der Waals surface area contributed by atoms with Crippen LogP contribution in [0.4, 0.5) is 0 Å². The Morgan fingerprint density at radius 1 is 1.53 bits per heavy atom. The van der Waals surface area contributed by atoms with E-state index in [0.29, 0.717) is 24.6 Å². The van der Waals surface area contributed by atoms with E-state index in [1.165, 1.54) is 6.42 Å². The van der Waals surface area contributed by atoms with Crippen molar-refractivity contribution < 1.29 is 14.3 Å². The summed E-state index contributed by atoms with van der Waals surface area (Å²) >= 11 is 0. The van der Waals surface area contributed by atoms with Crippen LogP contribution in [0.3, 0.4) is 0 Å². The molecule has 1 heterocycles. The summed E-state index contributed by atoms with van der Waals surface area (Å²) in [5.41, 5.74) is 0.546. The van der Waals surface area contributed by atoms with Crippen LogP contribution in [0.15, 0.2) is 12.2 Å². The molecule has 1 fully saturated rings. The van der Waals surface area contributed by atoms with Crippen molar-refractivity contribution in [3.8, 4) is 0 Å². The Hall–Kier alpha value is -0.870. The zero-order chi connectivity index (χ0) is 12.7. The molecule has 0 aromatic heterocycles. The van der Waals surface area contributed by atoms with E-state index < -0.39 is 0 Å². The van der Waals surface area contributed by atoms with Crippen LogP contribution < -0.4 is 0 Å². The fraction of sp³-hybridized carbons (Fsp3) is 0.769. The molecule has 4 heteroatoms. The standard InChI is InChI=1S/C13H23NO3/c1-4-17-13(15)11(2)8-14-7-5-6-12(9-14)10-16-3/h12H,2,4-10H2,1,3H3. The molecule has 1 unspecified atom stereocenters. The summed E-state index contributed by atoms with van der Waals surface area (Å²) in [5, 5.41) is 0. The molecule has 17 heavy (non-hydrogen) atoms. The van der Waals surface area contributed by atoms with Crippen LogP contribution in [0, 0.1) is 5.92 Å². The van der Waals surface area contributed by atoms with Gasteiger partial charge in [-0.2, -0.15) is 0 Å². The smallest absolute Gasteiger partial charge is 0.334 e. The number of methoxy groups -OCH3 is 1. The van der Waals surface area contributed by atoms with E-state index in [2.05, 4.69) is 11.5 Å². The highest BCUT2D eigenvalue weighted by molar-refractivity contribution is 5.88. The van der Waals surface area contributed by atoms with Gasteiger partial charge in [-0.05, 0) is 32.2 Å². The lowest BCUT2D eigenvalue weighted by molar-refractivity contribution is -0.138. The van der Waals surface area contributed by atoms with E-state index in [9.17, 15) is 4.79 Å². The van der Waals surface area contributed by atoms with Gasteiger partial charge in [0.05, 0.1) is 13.2 Å². The SMILES string of the molecule is C=C(CN1CCCC(COC)C1)C(=O)OCC. The van der Waals surface area contributed by atoms with Crippen molar-refractivity contribution >= 4 is 5.97 Å². The fourth-order valence-electron chi connectivity index (χ4n) is 2.23. The van der Waals surface area contributed by atoms with Gasteiger partial charge in [0.2, 0.25) is 0 Å². The number of piperidine rings is 1. The molecular formula is C13H23NO3. The second-order valence-electron chi connectivity index (χ2n) is 4.52. The average molecular weight is 241 g/mol. The summed E-state index contributed by atoms with van der Waals surface area (Å²) in [6.07, 6.45) is 2.36. The molecule has 0 aromatic rings. The number of esters is 1. The molecule has 0 saturated carbocycles. The van der Waals surface area contributed by atoms with E-state index in [-0.39, 0.29) is 5.97 Å². The van der Waals surface area contributed by atoms with Gasteiger partial charge >= 0.3 is 5.97 Å². The summed E-state index contributed by atoms with van der Waals surface area (Å²) < 4.78 is 10.1. The van der Waals surface area contributed by atoms with Gasteiger partial charge in [-0.3, -0.25) is 4.90 Å². The Bertz CT molecular complexity index is 263. The Balaban J connectivity index is 2.35. The molecular weight excluding hydrogens is 218 g/mol. The second-order valence-corrected chi connectivity index (χ2v) is 4.52. The van der Waals surface area contributed by atoms with Gasteiger partial charge < -0.3 is 9.47 Å². The van der Waals surface area contributed by atoms with Gasteiger partial charge in [0.15, 0.2) is 0 Å².